The third-order valence-electron chi connectivity index (χ3n) is 5.08. The lowest BCUT2D eigenvalue weighted by molar-refractivity contribution is -0.176. The highest BCUT2D eigenvalue weighted by Crippen LogP contribution is 2.49. The Morgan fingerprint density at radius 3 is 1.42 bits per heavy atom. The van der Waals surface area contributed by atoms with E-state index in [2.05, 4.69) is 13.8 Å². The molecule has 0 aliphatic rings. The monoisotopic (exact) mass is 334 g/mol. The molecule has 134 valence electrons. The fraction of sp³-hybridized carbons (Fsp3) is 0.600. The summed E-state index contributed by atoms with van der Waals surface area (Å²) < 4.78 is 10.9. The fourth-order valence-electron chi connectivity index (χ4n) is 3.62. The molecule has 2 aromatic rings. The van der Waals surface area contributed by atoms with Crippen molar-refractivity contribution in [2.24, 2.45) is 0 Å². The number of furan rings is 2. The zero-order valence-corrected chi connectivity index (χ0v) is 15.3. The average Bonchev–Trinajstić information content (AvgIpc) is 3.18. The van der Waals surface area contributed by atoms with Crippen molar-refractivity contribution in [3.63, 3.8) is 0 Å². The maximum absolute atomic E-state index is 11.8. The molecular weight excluding hydrogens is 304 g/mol. The number of aryl methyl sites for hydroxylation is 2. The second-order valence-corrected chi connectivity index (χ2v) is 6.71. The molecule has 0 radical (unpaired) electrons. The molecule has 2 N–H and O–H groups in total. The van der Waals surface area contributed by atoms with Crippen molar-refractivity contribution < 1.29 is 19.0 Å². The summed E-state index contributed by atoms with van der Waals surface area (Å²) in [6, 6.07) is 3.55. The maximum atomic E-state index is 11.8. The van der Waals surface area contributed by atoms with E-state index in [-0.39, 0.29) is 0 Å². The van der Waals surface area contributed by atoms with Crippen LogP contribution in [-0.4, -0.2) is 10.2 Å². The lowest BCUT2D eigenvalue weighted by Gasteiger charge is -2.44. The summed E-state index contributed by atoms with van der Waals surface area (Å²) in [6.45, 7) is 7.82. The molecule has 2 rings (SSSR count). The highest BCUT2D eigenvalue weighted by atomic mass is 16.4. The second kappa shape index (κ2) is 7.58. The van der Waals surface area contributed by atoms with Gasteiger partial charge in [0.15, 0.2) is 0 Å². The Morgan fingerprint density at radius 2 is 1.17 bits per heavy atom. The topological polar surface area (TPSA) is 66.7 Å². The fourth-order valence-corrected chi connectivity index (χ4v) is 3.62. The first-order valence-electron chi connectivity index (χ1n) is 8.94. The minimum absolute atomic E-state index is 0.467. The number of unbranched alkanes of at least 4 members (excludes halogenated alkanes) is 2. The molecule has 0 aliphatic heterocycles. The van der Waals surface area contributed by atoms with Crippen LogP contribution in [0.25, 0.3) is 0 Å². The Labute approximate surface area is 144 Å². The minimum Gasteiger partial charge on any atom is -0.469 e. The van der Waals surface area contributed by atoms with Gasteiger partial charge in [-0.05, 0) is 38.8 Å². The summed E-state index contributed by atoms with van der Waals surface area (Å²) in [6.07, 6.45) is 7.58. The van der Waals surface area contributed by atoms with Crippen LogP contribution in [-0.2, 0) is 11.2 Å². The molecule has 4 heteroatoms. The van der Waals surface area contributed by atoms with E-state index in [1.165, 1.54) is 0 Å². The van der Waals surface area contributed by atoms with E-state index >= 15 is 0 Å². The zero-order valence-electron chi connectivity index (χ0n) is 15.3. The van der Waals surface area contributed by atoms with Crippen LogP contribution in [0.5, 0.6) is 0 Å². The lowest BCUT2D eigenvalue weighted by atomic mass is 9.68. The molecule has 0 fully saturated rings. The summed E-state index contributed by atoms with van der Waals surface area (Å²) in [5.41, 5.74) is -1.50. The standard InChI is InChI=1S/C20H30O4/c1-5-7-11-19(21,17-9-13-23-15(17)3)20(22,12-8-6-2)18-10-14-24-16(18)4/h9-10,13-14,21-22H,5-8,11-12H2,1-4H3. The van der Waals surface area contributed by atoms with E-state index in [4.69, 9.17) is 8.83 Å². The van der Waals surface area contributed by atoms with Gasteiger partial charge < -0.3 is 19.0 Å². The van der Waals surface area contributed by atoms with Crippen LogP contribution >= 0.6 is 0 Å². The first-order chi connectivity index (χ1) is 11.4. The Morgan fingerprint density at radius 1 is 0.792 bits per heavy atom. The van der Waals surface area contributed by atoms with Gasteiger partial charge in [0.05, 0.1) is 12.5 Å². The average molecular weight is 334 g/mol. The van der Waals surface area contributed by atoms with Crippen LogP contribution < -0.4 is 0 Å². The first kappa shape index (κ1) is 18.8. The molecule has 24 heavy (non-hydrogen) atoms. The molecule has 2 unspecified atom stereocenters. The number of rotatable bonds is 9. The number of aliphatic hydroxyl groups is 2. The molecule has 2 heterocycles. The summed E-state index contributed by atoms with van der Waals surface area (Å²) in [4.78, 5) is 0. The van der Waals surface area contributed by atoms with Crippen molar-refractivity contribution in [1.29, 1.82) is 0 Å². The van der Waals surface area contributed by atoms with E-state index in [0.717, 1.165) is 25.7 Å². The van der Waals surface area contributed by atoms with Gasteiger partial charge >= 0.3 is 0 Å². The highest BCUT2D eigenvalue weighted by molar-refractivity contribution is 5.36. The van der Waals surface area contributed by atoms with Crippen molar-refractivity contribution in [3.05, 3.63) is 47.3 Å². The molecule has 4 nitrogen and oxygen atoms in total. The quantitative estimate of drug-likeness (QED) is 0.681. The van der Waals surface area contributed by atoms with E-state index in [1.54, 1.807) is 24.7 Å². The molecule has 0 aliphatic carbocycles. The van der Waals surface area contributed by atoms with Gasteiger partial charge in [-0.25, -0.2) is 0 Å². The number of hydrogen-bond acceptors (Lipinski definition) is 4. The number of hydrogen-bond donors (Lipinski definition) is 2. The van der Waals surface area contributed by atoms with Gasteiger partial charge in [-0.15, -0.1) is 0 Å². The van der Waals surface area contributed by atoms with Gasteiger partial charge in [-0.3, -0.25) is 0 Å². The smallest absolute Gasteiger partial charge is 0.126 e. The van der Waals surface area contributed by atoms with Gasteiger partial charge in [0, 0.05) is 11.1 Å². The Kier molecular flexibility index (Phi) is 5.94. The Hall–Kier alpha value is -1.52. The molecule has 0 spiro atoms. The van der Waals surface area contributed by atoms with Gasteiger partial charge in [0.1, 0.15) is 22.7 Å². The van der Waals surface area contributed by atoms with Crippen LogP contribution in [0.2, 0.25) is 0 Å². The normalized spacial score (nSPS) is 16.8. The van der Waals surface area contributed by atoms with Gasteiger partial charge in [0.2, 0.25) is 0 Å². The summed E-state index contributed by atoms with van der Waals surface area (Å²) in [5, 5.41) is 23.5. The largest absolute Gasteiger partial charge is 0.469 e. The first-order valence-corrected chi connectivity index (χ1v) is 8.94. The third-order valence-corrected chi connectivity index (χ3v) is 5.08. The predicted molar refractivity (Wildman–Crippen MR) is 93.7 cm³/mol. The van der Waals surface area contributed by atoms with E-state index in [9.17, 15) is 10.2 Å². The Balaban J connectivity index is 2.61. The summed E-state index contributed by atoms with van der Waals surface area (Å²) in [7, 11) is 0. The van der Waals surface area contributed by atoms with E-state index in [0.29, 0.717) is 35.5 Å². The Bertz CT molecular complexity index is 585. The van der Waals surface area contributed by atoms with Crippen molar-refractivity contribution in [3.8, 4) is 0 Å². The summed E-state index contributed by atoms with van der Waals surface area (Å²) >= 11 is 0. The van der Waals surface area contributed by atoms with Crippen molar-refractivity contribution in [1.82, 2.24) is 0 Å². The molecule has 0 amide bonds. The summed E-state index contributed by atoms with van der Waals surface area (Å²) in [5.74, 6) is 1.29. The molecule has 2 atom stereocenters. The highest BCUT2D eigenvalue weighted by Gasteiger charge is 2.53. The molecule has 0 saturated heterocycles. The third kappa shape index (κ3) is 3.17. The molecule has 0 aromatic carbocycles. The van der Waals surface area contributed by atoms with Gasteiger partial charge in [-0.2, -0.15) is 0 Å². The lowest BCUT2D eigenvalue weighted by Crippen LogP contribution is -2.50. The molecule has 0 bridgehead atoms. The van der Waals surface area contributed by atoms with E-state index in [1.807, 2.05) is 13.8 Å². The SMILES string of the molecule is CCCCC(O)(c1ccoc1C)C(O)(CCCC)c1ccoc1C. The van der Waals surface area contributed by atoms with Crippen LogP contribution in [0.15, 0.2) is 33.5 Å². The zero-order chi connectivity index (χ0) is 17.8. The molecular formula is C20H30O4. The van der Waals surface area contributed by atoms with Crippen LogP contribution in [0.1, 0.15) is 75.0 Å². The van der Waals surface area contributed by atoms with Gasteiger partial charge in [0.25, 0.3) is 0 Å². The van der Waals surface area contributed by atoms with Crippen LogP contribution in [0.4, 0.5) is 0 Å². The maximum Gasteiger partial charge on any atom is 0.126 e. The van der Waals surface area contributed by atoms with E-state index < -0.39 is 11.2 Å². The van der Waals surface area contributed by atoms with Crippen molar-refractivity contribution >= 4 is 0 Å². The van der Waals surface area contributed by atoms with Crippen LogP contribution in [0.3, 0.4) is 0 Å². The second-order valence-electron chi connectivity index (χ2n) is 6.71. The van der Waals surface area contributed by atoms with Crippen molar-refractivity contribution in [2.75, 3.05) is 0 Å². The molecule has 2 aromatic heterocycles. The molecule has 0 saturated carbocycles. The predicted octanol–water partition coefficient (Wildman–Crippen LogP) is 4.95. The minimum atomic E-state index is -1.41. The van der Waals surface area contributed by atoms with Crippen LogP contribution in [0, 0.1) is 13.8 Å². The van der Waals surface area contributed by atoms with Crippen molar-refractivity contribution in [2.45, 2.75) is 77.4 Å². The van der Waals surface area contributed by atoms with Gasteiger partial charge in [-0.1, -0.05) is 39.5 Å².